The van der Waals surface area contributed by atoms with Crippen LogP contribution in [0.2, 0.25) is 0 Å². The fourth-order valence-electron chi connectivity index (χ4n) is 3.42. The highest BCUT2D eigenvalue weighted by Gasteiger charge is 2.34. The summed E-state index contributed by atoms with van der Waals surface area (Å²) in [7, 11) is 1.64. The largest absolute Gasteiger partial charge is 0.497 e. The van der Waals surface area contributed by atoms with Crippen LogP contribution in [0.5, 0.6) is 5.75 Å². The van der Waals surface area contributed by atoms with E-state index in [0.29, 0.717) is 11.6 Å². The van der Waals surface area contributed by atoms with Crippen LogP contribution in [0.3, 0.4) is 0 Å². The third kappa shape index (κ3) is 2.64. The number of thiazole rings is 1. The highest BCUT2D eigenvalue weighted by Crippen LogP contribution is 2.47. The highest BCUT2D eigenvalue weighted by molar-refractivity contribution is 7.17. The third-order valence-corrected chi connectivity index (χ3v) is 6.32. The summed E-state index contributed by atoms with van der Waals surface area (Å²) >= 11 is 1.71. The van der Waals surface area contributed by atoms with Crippen LogP contribution in [0.1, 0.15) is 46.8 Å². The number of imidazole rings is 1. The number of benzene rings is 1. The van der Waals surface area contributed by atoms with Crippen LogP contribution in [0.4, 0.5) is 0 Å². The zero-order valence-electron chi connectivity index (χ0n) is 15.0. The lowest BCUT2D eigenvalue weighted by Crippen LogP contribution is -2.08. The van der Waals surface area contributed by atoms with Gasteiger partial charge >= 0.3 is 0 Å². The summed E-state index contributed by atoms with van der Waals surface area (Å²) in [5, 5.41) is 19.8. The van der Waals surface area contributed by atoms with E-state index in [-0.39, 0.29) is 0 Å². The maximum atomic E-state index is 11.2. The zero-order chi connectivity index (χ0) is 18.5. The Hall–Kier alpha value is -2.71. The van der Waals surface area contributed by atoms with Crippen molar-refractivity contribution in [3.05, 3.63) is 58.7 Å². The van der Waals surface area contributed by atoms with E-state index in [9.17, 15) is 5.11 Å². The smallest absolute Gasteiger partial charge is 0.141 e. The average molecular weight is 381 g/mol. The van der Waals surface area contributed by atoms with Crippen LogP contribution in [-0.2, 0) is 0 Å². The van der Waals surface area contributed by atoms with Gasteiger partial charge in [0.15, 0.2) is 0 Å². The number of methoxy groups -OCH3 is 1. The molecule has 138 valence electrons. The number of ether oxygens (including phenoxy) is 1. The molecule has 0 radical (unpaired) electrons. The molecule has 1 aromatic carbocycles. The quantitative estimate of drug-likeness (QED) is 0.574. The zero-order valence-corrected chi connectivity index (χ0v) is 15.8. The Balaban J connectivity index is 1.56. The molecule has 8 heteroatoms. The lowest BCUT2D eigenvalue weighted by atomic mass is 10.1. The van der Waals surface area contributed by atoms with Crippen molar-refractivity contribution in [3.63, 3.8) is 0 Å². The molecule has 0 spiro atoms. The topological polar surface area (TPSA) is 77.5 Å². The molecule has 3 heterocycles. The van der Waals surface area contributed by atoms with E-state index in [1.165, 1.54) is 17.7 Å². The minimum absolute atomic E-state index is 0.538. The SMILES string of the molecule is COc1ccc(-n2nnc(C(O)c3c(C4CC4)sc4cncn34)c2C)cc1. The van der Waals surface area contributed by atoms with Gasteiger partial charge in [0.05, 0.1) is 30.4 Å². The average Bonchev–Trinajstić information content (AvgIpc) is 3.14. The molecular weight excluding hydrogens is 362 g/mol. The summed E-state index contributed by atoms with van der Waals surface area (Å²) in [5.74, 6) is 1.32. The number of rotatable bonds is 5. The van der Waals surface area contributed by atoms with Crippen LogP contribution in [0, 0.1) is 6.92 Å². The minimum atomic E-state index is -0.837. The van der Waals surface area contributed by atoms with E-state index < -0.39 is 6.10 Å². The molecule has 27 heavy (non-hydrogen) atoms. The molecule has 7 nitrogen and oxygen atoms in total. The Kier molecular flexibility index (Phi) is 3.76. The number of fused-ring (bicyclic) bond motifs is 1. The second-order valence-corrected chi connectivity index (χ2v) is 7.86. The maximum absolute atomic E-state index is 11.2. The fourth-order valence-corrected chi connectivity index (χ4v) is 4.72. The van der Waals surface area contributed by atoms with Crippen LogP contribution in [-0.4, -0.2) is 36.6 Å². The molecule has 5 rings (SSSR count). The van der Waals surface area contributed by atoms with E-state index in [4.69, 9.17) is 4.74 Å². The molecule has 4 aromatic rings. The summed E-state index contributed by atoms with van der Waals surface area (Å²) in [5.41, 5.74) is 3.13. The standard InChI is InChI=1S/C19H19N5O2S/c1-11-16(21-22-24(11)13-5-7-14(26-2)8-6-13)18(25)17-19(12-3-4-12)27-15-9-20-10-23(15)17/h5-10,12,18,25H,3-4H2,1-2H3. The van der Waals surface area contributed by atoms with Gasteiger partial charge in [0, 0.05) is 4.88 Å². The second-order valence-electron chi connectivity index (χ2n) is 6.80. The molecule has 1 atom stereocenters. The van der Waals surface area contributed by atoms with Gasteiger partial charge in [-0.3, -0.25) is 4.40 Å². The number of nitrogens with zero attached hydrogens (tertiary/aromatic N) is 5. The first-order valence-corrected chi connectivity index (χ1v) is 9.68. The Bertz CT molecular complexity index is 1110. The van der Waals surface area contributed by atoms with Crippen molar-refractivity contribution in [3.8, 4) is 11.4 Å². The molecule has 1 fully saturated rings. The van der Waals surface area contributed by atoms with Crippen LogP contribution in [0.15, 0.2) is 36.8 Å². The lowest BCUT2D eigenvalue weighted by molar-refractivity contribution is 0.207. The van der Waals surface area contributed by atoms with Gasteiger partial charge in [0.1, 0.15) is 28.7 Å². The lowest BCUT2D eigenvalue weighted by Gasteiger charge is -2.11. The van der Waals surface area contributed by atoms with E-state index >= 15 is 0 Å². The molecule has 1 saturated carbocycles. The summed E-state index contributed by atoms with van der Waals surface area (Å²) in [6.45, 7) is 1.93. The van der Waals surface area contributed by atoms with E-state index in [1.807, 2.05) is 41.8 Å². The van der Waals surface area contributed by atoms with Crippen molar-refractivity contribution < 1.29 is 9.84 Å². The van der Waals surface area contributed by atoms with Crippen LogP contribution >= 0.6 is 11.3 Å². The molecule has 1 unspecified atom stereocenters. The Morgan fingerprint density at radius 2 is 2.04 bits per heavy atom. The maximum Gasteiger partial charge on any atom is 0.141 e. The predicted molar refractivity (Wildman–Crippen MR) is 102 cm³/mol. The summed E-state index contributed by atoms with van der Waals surface area (Å²) in [6.07, 6.45) is 5.12. The van der Waals surface area contributed by atoms with Gasteiger partial charge in [0.25, 0.3) is 0 Å². The normalized spacial score (nSPS) is 15.4. The first-order valence-electron chi connectivity index (χ1n) is 8.86. The number of aliphatic hydroxyl groups is 1. The van der Waals surface area contributed by atoms with Gasteiger partial charge in [-0.1, -0.05) is 5.21 Å². The molecule has 0 bridgehead atoms. The number of hydrogen-bond donors (Lipinski definition) is 1. The monoisotopic (exact) mass is 381 g/mol. The highest BCUT2D eigenvalue weighted by atomic mass is 32.1. The van der Waals surface area contributed by atoms with Gasteiger partial charge in [0.2, 0.25) is 0 Å². The van der Waals surface area contributed by atoms with E-state index in [2.05, 4.69) is 15.3 Å². The number of aromatic nitrogens is 5. The summed E-state index contributed by atoms with van der Waals surface area (Å²) in [6, 6.07) is 7.60. The second kappa shape index (κ2) is 6.17. The van der Waals surface area contributed by atoms with Crippen molar-refractivity contribution in [1.29, 1.82) is 0 Å². The Morgan fingerprint density at radius 3 is 2.74 bits per heavy atom. The molecule has 1 N–H and O–H groups in total. The predicted octanol–water partition coefficient (Wildman–Crippen LogP) is 3.25. The molecule has 1 aliphatic carbocycles. The third-order valence-electron chi connectivity index (χ3n) is 5.04. The van der Waals surface area contributed by atoms with Crippen molar-refractivity contribution in [2.45, 2.75) is 31.8 Å². The van der Waals surface area contributed by atoms with Gasteiger partial charge in [-0.15, -0.1) is 16.4 Å². The molecule has 0 aliphatic heterocycles. The van der Waals surface area contributed by atoms with Gasteiger partial charge in [-0.2, -0.15) is 0 Å². The molecular formula is C19H19N5O2S. The first-order chi connectivity index (χ1) is 13.2. The van der Waals surface area contributed by atoms with E-state index in [0.717, 1.165) is 27.7 Å². The van der Waals surface area contributed by atoms with E-state index in [1.54, 1.807) is 29.5 Å². The minimum Gasteiger partial charge on any atom is -0.497 e. The molecule has 0 saturated heterocycles. The number of aliphatic hydroxyl groups excluding tert-OH is 1. The first kappa shape index (κ1) is 16.5. The van der Waals surface area contributed by atoms with Crippen molar-refractivity contribution in [2.24, 2.45) is 0 Å². The van der Waals surface area contributed by atoms with Gasteiger partial charge in [-0.25, -0.2) is 9.67 Å². The molecule has 0 amide bonds. The van der Waals surface area contributed by atoms with Crippen molar-refractivity contribution in [2.75, 3.05) is 7.11 Å². The molecule has 3 aromatic heterocycles. The van der Waals surface area contributed by atoms with Crippen molar-refractivity contribution in [1.82, 2.24) is 24.4 Å². The van der Waals surface area contributed by atoms with Crippen LogP contribution < -0.4 is 4.74 Å². The van der Waals surface area contributed by atoms with Gasteiger partial charge in [-0.05, 0) is 49.9 Å². The summed E-state index contributed by atoms with van der Waals surface area (Å²) in [4.78, 5) is 6.50. The van der Waals surface area contributed by atoms with Crippen molar-refractivity contribution >= 4 is 16.2 Å². The molecule has 1 aliphatic rings. The summed E-state index contributed by atoms with van der Waals surface area (Å²) < 4.78 is 8.93. The fraction of sp³-hybridized carbons (Fsp3) is 0.316. The van der Waals surface area contributed by atoms with Crippen LogP contribution in [0.25, 0.3) is 10.5 Å². The number of hydrogen-bond acceptors (Lipinski definition) is 6. The Morgan fingerprint density at radius 1 is 1.26 bits per heavy atom. The van der Waals surface area contributed by atoms with Gasteiger partial charge < -0.3 is 9.84 Å². The Labute approximate surface area is 159 Å².